The van der Waals surface area contributed by atoms with Crippen LogP contribution in [0.25, 0.3) is 11.6 Å². The summed E-state index contributed by atoms with van der Waals surface area (Å²) in [7, 11) is 0. The summed E-state index contributed by atoms with van der Waals surface area (Å²) in [5, 5.41) is 19.7. The molecule has 0 saturated carbocycles. The predicted octanol–water partition coefficient (Wildman–Crippen LogP) is 2.31. The van der Waals surface area contributed by atoms with E-state index in [-0.39, 0.29) is 17.1 Å². The Morgan fingerprint density at radius 2 is 2.19 bits per heavy atom. The zero-order valence-electron chi connectivity index (χ0n) is 14.3. The van der Waals surface area contributed by atoms with E-state index in [4.69, 9.17) is 4.42 Å². The lowest BCUT2D eigenvalue weighted by Crippen LogP contribution is -2.35. The number of benzene rings is 1. The molecule has 7 heteroatoms. The zero-order chi connectivity index (χ0) is 18.3. The number of aryl methyl sites for hydroxylation is 1. The van der Waals surface area contributed by atoms with Gasteiger partial charge in [0.05, 0.1) is 12.0 Å². The van der Waals surface area contributed by atoms with Crippen molar-refractivity contribution in [3.05, 3.63) is 63.3 Å². The highest BCUT2D eigenvalue weighted by molar-refractivity contribution is 5.47. The first kappa shape index (κ1) is 16.4. The Balaban J connectivity index is 1.63. The van der Waals surface area contributed by atoms with Gasteiger partial charge in [0.25, 0.3) is 5.56 Å². The standard InChI is InChI=1S/C19H19N3O4/c1-11-7-12(23)8-16(24)14(11)9-22-5-4-13-15(10-22)20-18(21-19(13)25)17-3-2-6-26-17/h2-3,6-8,23-24H,4-5,9-10H2,1H3,(H,20,21,25). The van der Waals surface area contributed by atoms with Crippen molar-refractivity contribution in [3.63, 3.8) is 0 Å². The van der Waals surface area contributed by atoms with Gasteiger partial charge in [0.2, 0.25) is 0 Å². The quantitative estimate of drug-likeness (QED) is 0.668. The van der Waals surface area contributed by atoms with Crippen molar-refractivity contribution >= 4 is 0 Å². The van der Waals surface area contributed by atoms with Crippen molar-refractivity contribution < 1.29 is 14.6 Å². The lowest BCUT2D eigenvalue weighted by atomic mass is 10.0. The molecule has 0 amide bonds. The molecule has 2 aromatic heterocycles. The Hall–Kier alpha value is -3.06. The monoisotopic (exact) mass is 353 g/mol. The Morgan fingerprint density at radius 1 is 1.35 bits per heavy atom. The van der Waals surface area contributed by atoms with Gasteiger partial charge >= 0.3 is 0 Å². The van der Waals surface area contributed by atoms with Crippen LogP contribution in [0.4, 0.5) is 0 Å². The zero-order valence-corrected chi connectivity index (χ0v) is 14.3. The van der Waals surface area contributed by atoms with E-state index in [1.54, 1.807) is 18.2 Å². The number of rotatable bonds is 3. The van der Waals surface area contributed by atoms with Crippen LogP contribution < -0.4 is 5.56 Å². The maximum Gasteiger partial charge on any atom is 0.254 e. The summed E-state index contributed by atoms with van der Waals surface area (Å²) >= 11 is 0. The molecule has 1 aliphatic rings. The van der Waals surface area contributed by atoms with Crippen molar-refractivity contribution in [1.82, 2.24) is 14.9 Å². The van der Waals surface area contributed by atoms with Crippen LogP contribution in [-0.4, -0.2) is 31.6 Å². The minimum absolute atomic E-state index is 0.0454. The number of furan rings is 1. The smallest absolute Gasteiger partial charge is 0.254 e. The Kier molecular flexibility index (Phi) is 4.00. The van der Waals surface area contributed by atoms with Crippen molar-refractivity contribution in [2.24, 2.45) is 0 Å². The van der Waals surface area contributed by atoms with Crippen LogP contribution in [0.5, 0.6) is 11.5 Å². The summed E-state index contributed by atoms with van der Waals surface area (Å²) in [6.07, 6.45) is 2.13. The van der Waals surface area contributed by atoms with E-state index >= 15 is 0 Å². The highest BCUT2D eigenvalue weighted by atomic mass is 16.3. The van der Waals surface area contributed by atoms with Crippen LogP contribution >= 0.6 is 0 Å². The van der Waals surface area contributed by atoms with E-state index < -0.39 is 0 Å². The van der Waals surface area contributed by atoms with Crippen molar-refractivity contribution in [2.45, 2.75) is 26.4 Å². The van der Waals surface area contributed by atoms with Crippen LogP contribution in [0.2, 0.25) is 0 Å². The second-order valence-electron chi connectivity index (χ2n) is 6.54. The van der Waals surface area contributed by atoms with E-state index in [2.05, 4.69) is 14.9 Å². The first-order valence-corrected chi connectivity index (χ1v) is 8.41. The molecule has 1 aromatic carbocycles. The van der Waals surface area contributed by atoms with Crippen LogP contribution in [0.15, 0.2) is 39.7 Å². The molecule has 0 aliphatic carbocycles. The van der Waals surface area contributed by atoms with Gasteiger partial charge in [0.15, 0.2) is 11.6 Å². The molecule has 26 heavy (non-hydrogen) atoms. The molecule has 3 heterocycles. The SMILES string of the molecule is Cc1cc(O)cc(O)c1CN1CCc2c(nc(-c3ccco3)[nH]c2=O)C1. The van der Waals surface area contributed by atoms with E-state index in [0.29, 0.717) is 43.2 Å². The molecular formula is C19H19N3O4. The lowest BCUT2D eigenvalue weighted by molar-refractivity contribution is 0.237. The molecular weight excluding hydrogens is 334 g/mol. The molecule has 3 N–H and O–H groups in total. The molecule has 0 spiro atoms. The van der Waals surface area contributed by atoms with E-state index in [0.717, 1.165) is 16.8 Å². The number of phenolic OH excluding ortho intramolecular Hbond substituents is 2. The fraction of sp³-hybridized carbons (Fsp3) is 0.263. The Morgan fingerprint density at radius 3 is 2.92 bits per heavy atom. The maximum absolute atomic E-state index is 12.4. The Labute approximate surface area is 149 Å². The normalized spacial score (nSPS) is 14.3. The van der Waals surface area contributed by atoms with Crippen molar-refractivity contribution in [1.29, 1.82) is 0 Å². The predicted molar refractivity (Wildman–Crippen MR) is 94.9 cm³/mol. The average molecular weight is 353 g/mol. The third-order valence-electron chi connectivity index (χ3n) is 4.72. The summed E-state index contributed by atoms with van der Waals surface area (Å²) in [4.78, 5) is 21.8. The third-order valence-corrected chi connectivity index (χ3v) is 4.72. The van der Waals surface area contributed by atoms with Gasteiger partial charge in [-0.15, -0.1) is 0 Å². The fourth-order valence-electron chi connectivity index (χ4n) is 3.37. The number of aromatic amines is 1. The molecule has 0 fully saturated rings. The van der Waals surface area contributed by atoms with E-state index in [1.807, 2.05) is 6.92 Å². The number of phenols is 2. The number of aromatic hydroxyl groups is 2. The van der Waals surface area contributed by atoms with E-state index in [1.165, 1.54) is 12.3 Å². The molecule has 7 nitrogen and oxygen atoms in total. The molecule has 1 aliphatic heterocycles. The molecule has 3 aromatic rings. The van der Waals surface area contributed by atoms with Crippen LogP contribution in [-0.2, 0) is 19.5 Å². The summed E-state index contributed by atoms with van der Waals surface area (Å²) in [5.41, 5.74) is 2.88. The first-order valence-electron chi connectivity index (χ1n) is 8.41. The van der Waals surface area contributed by atoms with Gasteiger partial charge in [0.1, 0.15) is 11.5 Å². The average Bonchev–Trinajstić information content (AvgIpc) is 3.12. The molecule has 0 radical (unpaired) electrons. The minimum Gasteiger partial charge on any atom is -0.508 e. The van der Waals surface area contributed by atoms with E-state index in [9.17, 15) is 15.0 Å². The number of hydrogen-bond donors (Lipinski definition) is 3. The highest BCUT2D eigenvalue weighted by Crippen LogP contribution is 2.29. The summed E-state index contributed by atoms with van der Waals surface area (Å²) < 4.78 is 5.33. The highest BCUT2D eigenvalue weighted by Gasteiger charge is 2.23. The number of nitrogens with zero attached hydrogens (tertiary/aromatic N) is 2. The minimum atomic E-state index is -0.135. The summed E-state index contributed by atoms with van der Waals surface area (Å²) in [6, 6.07) is 6.48. The maximum atomic E-state index is 12.4. The Bertz CT molecular complexity index is 985. The molecule has 134 valence electrons. The first-order chi connectivity index (χ1) is 12.5. The molecule has 0 unspecified atom stereocenters. The fourth-order valence-corrected chi connectivity index (χ4v) is 3.37. The number of nitrogens with one attached hydrogen (secondary N) is 1. The summed E-state index contributed by atoms with van der Waals surface area (Å²) in [6.45, 7) is 3.57. The number of hydrogen-bond acceptors (Lipinski definition) is 6. The van der Waals surface area contributed by atoms with Crippen LogP contribution in [0, 0.1) is 6.92 Å². The molecule has 0 bridgehead atoms. The van der Waals surface area contributed by atoms with Crippen LogP contribution in [0.3, 0.4) is 0 Å². The van der Waals surface area contributed by atoms with Crippen molar-refractivity contribution in [3.8, 4) is 23.1 Å². The molecule has 4 rings (SSSR count). The molecule has 0 saturated heterocycles. The number of aromatic nitrogens is 2. The second-order valence-corrected chi connectivity index (χ2v) is 6.54. The number of H-pyrrole nitrogens is 1. The van der Waals surface area contributed by atoms with Crippen LogP contribution in [0.1, 0.15) is 22.4 Å². The lowest BCUT2D eigenvalue weighted by Gasteiger charge is -2.28. The second kappa shape index (κ2) is 6.34. The molecule has 0 atom stereocenters. The van der Waals surface area contributed by atoms with Gasteiger partial charge in [-0.25, -0.2) is 4.98 Å². The third kappa shape index (κ3) is 2.97. The van der Waals surface area contributed by atoms with Gasteiger partial charge < -0.3 is 19.6 Å². The topological polar surface area (TPSA) is 103 Å². The van der Waals surface area contributed by atoms with Gasteiger partial charge in [-0.2, -0.15) is 0 Å². The van der Waals surface area contributed by atoms with Gasteiger partial charge in [-0.3, -0.25) is 9.69 Å². The largest absolute Gasteiger partial charge is 0.508 e. The van der Waals surface area contributed by atoms with Gasteiger partial charge in [-0.05, 0) is 37.1 Å². The summed E-state index contributed by atoms with van der Waals surface area (Å²) in [5.74, 6) is 1.06. The van der Waals surface area contributed by atoms with Crippen molar-refractivity contribution in [2.75, 3.05) is 6.54 Å². The van der Waals surface area contributed by atoms with Gasteiger partial charge in [0, 0.05) is 36.8 Å². The number of fused-ring (bicyclic) bond motifs is 1. The van der Waals surface area contributed by atoms with Gasteiger partial charge in [-0.1, -0.05) is 0 Å².